The van der Waals surface area contributed by atoms with Crippen molar-refractivity contribution in [1.29, 1.82) is 0 Å². The van der Waals surface area contributed by atoms with E-state index in [-0.39, 0.29) is 22.3 Å². The van der Waals surface area contributed by atoms with Crippen LogP contribution in [-0.2, 0) is 4.79 Å². The second-order valence-electron chi connectivity index (χ2n) is 9.22. The molecule has 6 aromatic rings. The van der Waals surface area contributed by atoms with E-state index in [9.17, 15) is 14.9 Å². The number of aliphatic imine (C=N–C) groups is 1. The molecule has 0 aliphatic rings. The summed E-state index contributed by atoms with van der Waals surface area (Å²) in [4.78, 5) is 38.0. The van der Waals surface area contributed by atoms with Crippen molar-refractivity contribution in [3.05, 3.63) is 107 Å². The molecule has 0 saturated heterocycles. The van der Waals surface area contributed by atoms with Crippen molar-refractivity contribution in [2.45, 2.75) is 13.6 Å². The number of hydrogen-bond acceptors (Lipinski definition) is 11. The van der Waals surface area contributed by atoms with E-state index >= 15 is 0 Å². The maximum Gasteiger partial charge on any atom is 0.283 e. The highest BCUT2D eigenvalue weighted by Gasteiger charge is 2.17. The van der Waals surface area contributed by atoms with E-state index in [4.69, 9.17) is 4.74 Å². The Labute approximate surface area is 268 Å². The summed E-state index contributed by atoms with van der Waals surface area (Å²) in [5.41, 5.74) is 3.02. The van der Waals surface area contributed by atoms with Crippen LogP contribution in [0.3, 0.4) is 0 Å². The monoisotopic (exact) mass is 657 g/mol. The summed E-state index contributed by atoms with van der Waals surface area (Å²) in [7, 11) is 0. The second-order valence-corrected chi connectivity index (χ2v) is 13.8. The molecule has 9 nitrogen and oxygen atoms in total. The van der Waals surface area contributed by atoms with Crippen molar-refractivity contribution in [2.24, 2.45) is 4.99 Å². The van der Waals surface area contributed by atoms with Crippen LogP contribution in [0.25, 0.3) is 20.4 Å². The molecule has 2 heterocycles. The SMILES string of the molecule is O=C(CSc1nc2ccc(N=Cc3ccc(Sc4nc5ccccc5s4)c([N+](=O)[O-])c3)cc2s1)NCCOc1ccccc1. The number of amides is 1. The summed E-state index contributed by atoms with van der Waals surface area (Å²) in [6.07, 6.45) is 1.61. The number of thioether (sulfide) groups is 1. The number of hydrogen-bond donors (Lipinski definition) is 1. The van der Waals surface area contributed by atoms with E-state index in [1.54, 1.807) is 12.3 Å². The first kappa shape index (κ1) is 29.8. The molecular weight excluding hydrogens is 635 g/mol. The number of benzene rings is 4. The highest BCUT2D eigenvalue weighted by molar-refractivity contribution is 8.01. The molecule has 0 bridgehead atoms. The standard InChI is InChI=1S/C31H23N5O4S4/c37-29(32-14-15-40-22-6-2-1-3-7-22)19-41-30-34-24-12-11-21(17-28(24)44-30)33-18-20-10-13-27(25(16-20)36(38)39)43-31-35-23-8-4-5-9-26(23)42-31/h1-13,16-18H,14-15,19H2,(H,32,37). The van der Waals surface area contributed by atoms with Crippen LogP contribution in [0.1, 0.15) is 5.56 Å². The molecule has 44 heavy (non-hydrogen) atoms. The fraction of sp³-hybridized carbons (Fsp3) is 0.0968. The lowest BCUT2D eigenvalue weighted by Crippen LogP contribution is -2.29. The molecule has 220 valence electrons. The van der Waals surface area contributed by atoms with Gasteiger partial charge >= 0.3 is 0 Å². The minimum Gasteiger partial charge on any atom is -0.492 e. The van der Waals surface area contributed by atoms with E-state index in [2.05, 4.69) is 20.3 Å². The van der Waals surface area contributed by atoms with Gasteiger partial charge < -0.3 is 10.1 Å². The summed E-state index contributed by atoms with van der Waals surface area (Å²) >= 11 is 5.66. The topological polar surface area (TPSA) is 120 Å². The number of nitro benzene ring substituents is 1. The van der Waals surface area contributed by atoms with Gasteiger partial charge in [-0.3, -0.25) is 19.9 Å². The number of para-hydroxylation sites is 2. The van der Waals surface area contributed by atoms with E-state index < -0.39 is 0 Å². The maximum absolute atomic E-state index is 12.3. The average Bonchev–Trinajstić information content (AvgIpc) is 3.65. The van der Waals surface area contributed by atoms with Gasteiger partial charge in [0.05, 0.1) is 48.2 Å². The predicted octanol–water partition coefficient (Wildman–Crippen LogP) is 8.00. The smallest absolute Gasteiger partial charge is 0.283 e. The molecule has 0 aliphatic heterocycles. The Balaban J connectivity index is 1.05. The molecule has 0 aliphatic carbocycles. The van der Waals surface area contributed by atoms with Crippen molar-refractivity contribution < 1.29 is 14.5 Å². The van der Waals surface area contributed by atoms with Gasteiger partial charge in [-0.05, 0) is 54.1 Å². The van der Waals surface area contributed by atoms with E-state index in [1.807, 2.05) is 78.9 Å². The Bertz CT molecular complexity index is 1940. The molecule has 0 atom stereocenters. The largest absolute Gasteiger partial charge is 0.492 e. The predicted molar refractivity (Wildman–Crippen MR) is 179 cm³/mol. The van der Waals surface area contributed by atoms with Crippen LogP contribution < -0.4 is 10.1 Å². The van der Waals surface area contributed by atoms with Gasteiger partial charge in [0.25, 0.3) is 5.69 Å². The van der Waals surface area contributed by atoms with Crippen LogP contribution >= 0.6 is 46.2 Å². The molecule has 0 unspecified atom stereocenters. The van der Waals surface area contributed by atoms with Crippen molar-refractivity contribution in [3.63, 3.8) is 0 Å². The average molecular weight is 658 g/mol. The number of thiazole rings is 2. The van der Waals surface area contributed by atoms with Crippen LogP contribution in [0.5, 0.6) is 5.75 Å². The Morgan fingerprint density at radius 1 is 0.932 bits per heavy atom. The molecule has 4 aromatic carbocycles. The highest BCUT2D eigenvalue weighted by atomic mass is 32.2. The molecule has 0 saturated carbocycles. The first-order valence-electron chi connectivity index (χ1n) is 13.3. The zero-order chi connectivity index (χ0) is 30.3. The summed E-state index contributed by atoms with van der Waals surface area (Å²) in [5.74, 6) is 0.932. The Morgan fingerprint density at radius 3 is 2.55 bits per heavy atom. The normalized spacial score (nSPS) is 11.4. The van der Waals surface area contributed by atoms with Crippen LogP contribution in [0.2, 0.25) is 0 Å². The summed E-state index contributed by atoms with van der Waals surface area (Å²) < 4.78 is 9.11. The van der Waals surface area contributed by atoms with Gasteiger partial charge in [0, 0.05) is 12.3 Å². The third kappa shape index (κ3) is 7.61. The Kier molecular flexibility index (Phi) is 9.46. The first-order valence-corrected chi connectivity index (χ1v) is 16.8. The molecule has 6 rings (SSSR count). The molecule has 0 radical (unpaired) electrons. The molecule has 1 N–H and O–H groups in total. The number of rotatable bonds is 12. The van der Waals surface area contributed by atoms with E-state index in [0.29, 0.717) is 29.3 Å². The highest BCUT2D eigenvalue weighted by Crippen LogP contribution is 2.39. The van der Waals surface area contributed by atoms with Gasteiger partial charge in [0.2, 0.25) is 5.91 Å². The van der Waals surface area contributed by atoms with Gasteiger partial charge in [-0.2, -0.15) is 0 Å². The van der Waals surface area contributed by atoms with Crippen molar-refractivity contribution in [3.8, 4) is 5.75 Å². The minimum absolute atomic E-state index is 0.00513. The number of nitro groups is 1. The Hall–Kier alpha value is -4.30. The van der Waals surface area contributed by atoms with Crippen molar-refractivity contribution >= 4 is 90.1 Å². The lowest BCUT2D eigenvalue weighted by Gasteiger charge is -2.07. The van der Waals surface area contributed by atoms with Crippen LogP contribution in [0.15, 0.2) is 110 Å². The van der Waals surface area contributed by atoms with Gasteiger partial charge in [-0.15, -0.1) is 22.7 Å². The van der Waals surface area contributed by atoms with Crippen molar-refractivity contribution in [2.75, 3.05) is 18.9 Å². The van der Waals surface area contributed by atoms with E-state index in [1.165, 1.54) is 52.3 Å². The summed E-state index contributed by atoms with van der Waals surface area (Å²) in [6.45, 7) is 0.814. The van der Waals surface area contributed by atoms with E-state index in [0.717, 1.165) is 34.9 Å². The molecule has 1 amide bonds. The van der Waals surface area contributed by atoms with Gasteiger partial charge in [0.15, 0.2) is 8.68 Å². The third-order valence-corrected chi connectivity index (χ3v) is 10.5. The minimum atomic E-state index is -0.381. The number of fused-ring (bicyclic) bond motifs is 2. The fourth-order valence-corrected chi connectivity index (χ4v) is 8.11. The lowest BCUT2D eigenvalue weighted by molar-refractivity contribution is -0.387. The zero-order valence-corrected chi connectivity index (χ0v) is 26.2. The molecule has 0 spiro atoms. The number of carbonyl (C=O) groups is 1. The summed E-state index contributed by atoms with van der Waals surface area (Å²) in [5, 5.41) is 14.7. The number of nitrogens with one attached hydrogen (secondary N) is 1. The van der Waals surface area contributed by atoms with Crippen LogP contribution in [0, 0.1) is 10.1 Å². The molecule has 13 heteroatoms. The van der Waals surface area contributed by atoms with Gasteiger partial charge in [-0.1, -0.05) is 59.9 Å². The first-order chi connectivity index (χ1) is 21.5. The van der Waals surface area contributed by atoms with Gasteiger partial charge in [0.1, 0.15) is 12.4 Å². The lowest BCUT2D eigenvalue weighted by atomic mass is 10.2. The Morgan fingerprint density at radius 2 is 1.70 bits per heavy atom. The van der Waals surface area contributed by atoms with Crippen LogP contribution in [-0.4, -0.2) is 45.9 Å². The quantitative estimate of drug-likeness (QED) is 0.0462. The van der Waals surface area contributed by atoms with Gasteiger partial charge in [-0.25, -0.2) is 9.97 Å². The maximum atomic E-state index is 12.3. The molecule has 0 fully saturated rings. The molecule has 2 aromatic heterocycles. The molecular formula is C31H23N5O4S4. The second kappa shape index (κ2) is 14.0. The summed E-state index contributed by atoms with van der Waals surface area (Å²) in [6, 6.07) is 28.0. The number of nitrogens with zero attached hydrogens (tertiary/aromatic N) is 4. The number of carbonyl (C=O) groups excluding carboxylic acids is 1. The fourth-order valence-electron chi connectivity index (χ4n) is 4.07. The zero-order valence-electron chi connectivity index (χ0n) is 22.9. The van der Waals surface area contributed by atoms with Crippen molar-refractivity contribution in [1.82, 2.24) is 15.3 Å². The number of ether oxygens (including phenoxy) is 1. The number of aromatic nitrogens is 2. The third-order valence-electron chi connectivity index (χ3n) is 6.13. The van der Waals surface area contributed by atoms with Crippen LogP contribution in [0.4, 0.5) is 11.4 Å².